The topological polar surface area (TPSA) is 66.9 Å². The van der Waals surface area contributed by atoms with Crippen LogP contribution in [0.5, 0.6) is 17.2 Å². The van der Waals surface area contributed by atoms with Gasteiger partial charge in [-0.3, -0.25) is 0 Å². The predicted octanol–water partition coefficient (Wildman–Crippen LogP) is 5.07. The number of carbonyl (C=O) groups is 1. The Morgan fingerprint density at radius 2 is 1.80 bits per heavy atom. The zero-order valence-corrected chi connectivity index (χ0v) is 18.3. The van der Waals surface area contributed by atoms with Crippen LogP contribution in [0, 0.1) is 0 Å². The molecule has 0 amide bonds. The molecule has 0 bridgehead atoms. The summed E-state index contributed by atoms with van der Waals surface area (Å²) in [6.45, 7) is 4.12. The first-order valence-electron chi connectivity index (χ1n) is 9.56. The van der Waals surface area contributed by atoms with Gasteiger partial charge in [0.2, 0.25) is 0 Å². The van der Waals surface area contributed by atoms with Crippen LogP contribution in [0.4, 0.5) is 0 Å². The maximum Gasteiger partial charge on any atom is 0.344 e. The van der Waals surface area contributed by atoms with Crippen LogP contribution in [0.25, 0.3) is 10.6 Å². The van der Waals surface area contributed by atoms with Crippen molar-refractivity contribution in [1.82, 2.24) is 4.98 Å². The molecule has 3 rings (SSSR count). The molecule has 0 aliphatic carbocycles. The first kappa shape index (κ1) is 21.6. The van der Waals surface area contributed by atoms with E-state index in [1.165, 1.54) is 11.3 Å². The minimum atomic E-state index is -0.436. The maximum absolute atomic E-state index is 12.1. The molecule has 0 saturated heterocycles. The van der Waals surface area contributed by atoms with E-state index in [-0.39, 0.29) is 13.2 Å². The van der Waals surface area contributed by atoms with E-state index in [9.17, 15) is 4.79 Å². The molecule has 6 nitrogen and oxygen atoms in total. The number of aromatic nitrogens is 1. The minimum absolute atomic E-state index is 0.0950. The molecule has 0 aliphatic rings. The van der Waals surface area contributed by atoms with Crippen molar-refractivity contribution < 1.29 is 23.7 Å². The number of hydrogen-bond donors (Lipinski definition) is 0. The molecule has 0 spiro atoms. The molecule has 0 atom stereocenters. The molecule has 1 aromatic heterocycles. The van der Waals surface area contributed by atoms with Gasteiger partial charge in [-0.1, -0.05) is 32.0 Å². The number of benzene rings is 2. The maximum atomic E-state index is 12.1. The zero-order chi connectivity index (χ0) is 21.5. The van der Waals surface area contributed by atoms with E-state index in [1.807, 2.05) is 47.8 Å². The summed E-state index contributed by atoms with van der Waals surface area (Å²) >= 11 is 1.47. The van der Waals surface area contributed by atoms with Gasteiger partial charge in [0.05, 0.1) is 19.9 Å². The largest absolute Gasteiger partial charge is 0.493 e. The number of nitrogens with zero attached hydrogens (tertiary/aromatic N) is 1. The van der Waals surface area contributed by atoms with Gasteiger partial charge >= 0.3 is 5.97 Å². The summed E-state index contributed by atoms with van der Waals surface area (Å²) in [6.07, 6.45) is 0. The molecule has 2 aromatic carbocycles. The van der Waals surface area contributed by atoms with E-state index in [2.05, 4.69) is 18.8 Å². The number of hydrogen-bond acceptors (Lipinski definition) is 7. The second kappa shape index (κ2) is 10.1. The minimum Gasteiger partial charge on any atom is -0.493 e. The Morgan fingerprint density at radius 1 is 1.03 bits per heavy atom. The molecule has 158 valence electrons. The second-order valence-corrected chi connectivity index (χ2v) is 7.71. The fraction of sp³-hybridized carbons (Fsp3) is 0.304. The first-order valence-corrected chi connectivity index (χ1v) is 10.4. The predicted molar refractivity (Wildman–Crippen MR) is 116 cm³/mol. The Hall–Kier alpha value is -3.06. The van der Waals surface area contributed by atoms with E-state index >= 15 is 0 Å². The highest BCUT2D eigenvalue weighted by Gasteiger charge is 2.13. The standard InChI is InChI=1S/C23H25NO5S/c1-15(2)18-7-5-6-8-19(18)28-13-22(25)29-12-17-14-30-23(24-17)16-9-10-20(26-3)21(11-16)27-4/h5-11,14-15H,12-13H2,1-4H3. The average molecular weight is 428 g/mol. The van der Waals surface area contributed by atoms with Gasteiger partial charge in [-0.05, 0) is 35.7 Å². The van der Waals surface area contributed by atoms with Crippen LogP contribution >= 0.6 is 11.3 Å². The van der Waals surface area contributed by atoms with E-state index in [4.69, 9.17) is 18.9 Å². The third-order valence-corrected chi connectivity index (χ3v) is 5.39. The Kier molecular flexibility index (Phi) is 7.30. The highest BCUT2D eigenvalue weighted by molar-refractivity contribution is 7.13. The lowest BCUT2D eigenvalue weighted by atomic mass is 10.0. The smallest absolute Gasteiger partial charge is 0.344 e. The summed E-state index contributed by atoms with van der Waals surface area (Å²) in [5.74, 6) is 1.87. The summed E-state index contributed by atoms with van der Waals surface area (Å²) < 4.78 is 21.6. The van der Waals surface area contributed by atoms with Gasteiger partial charge in [0.15, 0.2) is 18.1 Å². The van der Waals surface area contributed by atoms with Crippen LogP contribution in [0.15, 0.2) is 47.8 Å². The van der Waals surface area contributed by atoms with Crippen LogP contribution in [0.2, 0.25) is 0 Å². The highest BCUT2D eigenvalue weighted by atomic mass is 32.1. The number of thiazole rings is 1. The number of esters is 1. The molecule has 0 N–H and O–H groups in total. The molecule has 7 heteroatoms. The molecule has 0 radical (unpaired) electrons. The fourth-order valence-electron chi connectivity index (χ4n) is 2.90. The van der Waals surface area contributed by atoms with Gasteiger partial charge < -0.3 is 18.9 Å². The third-order valence-electron chi connectivity index (χ3n) is 4.45. The van der Waals surface area contributed by atoms with Crippen molar-refractivity contribution in [3.8, 4) is 27.8 Å². The van der Waals surface area contributed by atoms with Gasteiger partial charge in [0.1, 0.15) is 17.4 Å². The van der Waals surface area contributed by atoms with Crippen molar-refractivity contribution in [3.05, 3.63) is 59.1 Å². The summed E-state index contributed by atoms with van der Waals surface area (Å²) in [4.78, 5) is 16.6. The number of para-hydroxylation sites is 1. The lowest BCUT2D eigenvalue weighted by Crippen LogP contribution is -2.15. The van der Waals surface area contributed by atoms with E-state index < -0.39 is 5.97 Å². The molecule has 0 fully saturated rings. The molecule has 30 heavy (non-hydrogen) atoms. The molecular weight excluding hydrogens is 402 g/mol. The lowest BCUT2D eigenvalue weighted by Gasteiger charge is -2.13. The molecular formula is C23H25NO5S. The highest BCUT2D eigenvalue weighted by Crippen LogP contribution is 2.33. The van der Waals surface area contributed by atoms with Crippen molar-refractivity contribution in [2.75, 3.05) is 20.8 Å². The summed E-state index contributed by atoms with van der Waals surface area (Å²) in [7, 11) is 3.19. The van der Waals surface area contributed by atoms with Crippen molar-refractivity contribution in [2.45, 2.75) is 26.4 Å². The molecule has 0 saturated carbocycles. The zero-order valence-electron chi connectivity index (χ0n) is 17.5. The van der Waals surface area contributed by atoms with Crippen molar-refractivity contribution in [1.29, 1.82) is 0 Å². The average Bonchev–Trinajstić information content (AvgIpc) is 3.25. The fourth-order valence-corrected chi connectivity index (χ4v) is 3.70. The number of carbonyl (C=O) groups excluding carboxylic acids is 1. The Balaban J connectivity index is 1.56. The number of methoxy groups -OCH3 is 2. The third kappa shape index (κ3) is 5.30. The number of ether oxygens (including phenoxy) is 4. The van der Waals surface area contributed by atoms with Crippen LogP contribution < -0.4 is 14.2 Å². The lowest BCUT2D eigenvalue weighted by molar-refractivity contribution is -0.147. The van der Waals surface area contributed by atoms with Gasteiger partial charge in [-0.2, -0.15) is 0 Å². The summed E-state index contributed by atoms with van der Waals surface area (Å²) in [5, 5.41) is 2.68. The Labute approximate surface area is 180 Å². The Bertz CT molecular complexity index is 999. The molecule has 3 aromatic rings. The van der Waals surface area contributed by atoms with Crippen LogP contribution in [0.1, 0.15) is 31.0 Å². The quantitative estimate of drug-likeness (QED) is 0.444. The van der Waals surface area contributed by atoms with Crippen molar-refractivity contribution >= 4 is 17.3 Å². The van der Waals surface area contributed by atoms with E-state index in [1.54, 1.807) is 14.2 Å². The van der Waals surface area contributed by atoms with Gasteiger partial charge in [-0.25, -0.2) is 9.78 Å². The normalized spacial score (nSPS) is 10.7. The molecule has 0 aliphatic heterocycles. The SMILES string of the molecule is COc1ccc(-c2nc(COC(=O)COc3ccccc3C(C)C)cs2)cc1OC. The monoisotopic (exact) mass is 427 g/mol. The van der Waals surface area contributed by atoms with Crippen molar-refractivity contribution in [2.24, 2.45) is 0 Å². The summed E-state index contributed by atoms with van der Waals surface area (Å²) in [5.41, 5.74) is 2.65. The van der Waals surface area contributed by atoms with Crippen LogP contribution in [-0.2, 0) is 16.1 Å². The molecule has 1 heterocycles. The van der Waals surface area contributed by atoms with Gasteiger partial charge in [0, 0.05) is 10.9 Å². The van der Waals surface area contributed by atoms with Gasteiger partial charge in [0.25, 0.3) is 0 Å². The first-order chi connectivity index (χ1) is 14.5. The van der Waals surface area contributed by atoms with Gasteiger partial charge in [-0.15, -0.1) is 11.3 Å². The van der Waals surface area contributed by atoms with E-state index in [0.717, 1.165) is 16.1 Å². The number of rotatable bonds is 9. The van der Waals surface area contributed by atoms with E-state index in [0.29, 0.717) is 28.9 Å². The van der Waals surface area contributed by atoms with Crippen LogP contribution in [-0.4, -0.2) is 31.8 Å². The van der Waals surface area contributed by atoms with Crippen LogP contribution in [0.3, 0.4) is 0 Å². The Morgan fingerprint density at radius 3 is 2.53 bits per heavy atom. The summed E-state index contributed by atoms with van der Waals surface area (Å²) in [6, 6.07) is 13.3. The second-order valence-electron chi connectivity index (χ2n) is 6.86. The molecule has 0 unspecified atom stereocenters. The van der Waals surface area contributed by atoms with Crippen molar-refractivity contribution in [3.63, 3.8) is 0 Å².